The Bertz CT molecular complexity index is 298. The van der Waals surface area contributed by atoms with E-state index in [-0.39, 0.29) is 0 Å². The first-order valence-electron chi connectivity index (χ1n) is 6.86. The molecule has 1 rings (SSSR count). The van der Waals surface area contributed by atoms with Gasteiger partial charge in [-0.05, 0) is 25.1 Å². The molecular weight excluding hydrogens is 240 g/mol. The largest absolute Gasteiger partial charge is 0.385 e. The van der Waals surface area contributed by atoms with Gasteiger partial charge in [-0.15, -0.1) is 0 Å². The van der Waals surface area contributed by atoms with Gasteiger partial charge in [0.25, 0.3) is 0 Å². The predicted octanol–water partition coefficient (Wildman–Crippen LogP) is 2.08. The highest BCUT2D eigenvalue weighted by molar-refractivity contribution is 5.42. The van der Waals surface area contributed by atoms with Crippen LogP contribution in [-0.2, 0) is 9.47 Å². The highest BCUT2D eigenvalue weighted by Gasteiger charge is 2.03. The number of ether oxygens (including phenoxy) is 2. The first kappa shape index (κ1) is 16.0. The van der Waals surface area contributed by atoms with Gasteiger partial charge in [0, 0.05) is 39.5 Å². The van der Waals surface area contributed by atoms with Gasteiger partial charge < -0.3 is 14.8 Å². The van der Waals surface area contributed by atoms with Crippen molar-refractivity contribution in [1.82, 2.24) is 4.90 Å². The number of para-hydroxylation sites is 1. The van der Waals surface area contributed by atoms with Gasteiger partial charge in [-0.25, -0.2) is 0 Å². The molecule has 0 amide bonds. The molecule has 4 nitrogen and oxygen atoms in total. The molecule has 0 spiro atoms. The van der Waals surface area contributed by atoms with Gasteiger partial charge in [0.1, 0.15) is 0 Å². The third-order valence-corrected chi connectivity index (χ3v) is 2.98. The maximum Gasteiger partial charge on any atom is 0.0589 e. The predicted molar refractivity (Wildman–Crippen MR) is 79.7 cm³/mol. The molecular formula is C15H26N2O2. The molecule has 0 heterocycles. The Hall–Kier alpha value is -1.10. The number of hydrogen-bond acceptors (Lipinski definition) is 4. The molecule has 0 aromatic heterocycles. The van der Waals surface area contributed by atoms with E-state index in [4.69, 9.17) is 9.47 Å². The van der Waals surface area contributed by atoms with E-state index in [9.17, 15) is 0 Å². The Balaban J connectivity index is 2.16. The summed E-state index contributed by atoms with van der Waals surface area (Å²) in [5, 5.41) is 3.42. The minimum Gasteiger partial charge on any atom is -0.385 e. The van der Waals surface area contributed by atoms with Crippen LogP contribution in [0.2, 0.25) is 0 Å². The maximum atomic E-state index is 5.13. The molecule has 1 N–H and O–H groups in total. The number of methoxy groups -OCH3 is 2. The highest BCUT2D eigenvalue weighted by atomic mass is 16.5. The molecule has 0 unspecified atom stereocenters. The first-order valence-corrected chi connectivity index (χ1v) is 6.86. The molecule has 1 aromatic rings. The van der Waals surface area contributed by atoms with Crippen molar-refractivity contribution in [2.24, 2.45) is 0 Å². The van der Waals surface area contributed by atoms with Gasteiger partial charge in [0.2, 0.25) is 0 Å². The van der Waals surface area contributed by atoms with E-state index in [0.29, 0.717) is 0 Å². The second-order valence-electron chi connectivity index (χ2n) is 4.47. The number of rotatable bonds is 11. The van der Waals surface area contributed by atoms with Crippen LogP contribution in [0.4, 0.5) is 5.69 Å². The van der Waals surface area contributed by atoms with Crippen molar-refractivity contribution in [3.05, 3.63) is 30.3 Å². The minimum absolute atomic E-state index is 0.774. The molecule has 0 atom stereocenters. The molecule has 0 radical (unpaired) electrons. The van der Waals surface area contributed by atoms with Crippen LogP contribution in [0.15, 0.2) is 30.3 Å². The van der Waals surface area contributed by atoms with E-state index >= 15 is 0 Å². The quantitative estimate of drug-likeness (QED) is 0.622. The fourth-order valence-corrected chi connectivity index (χ4v) is 1.87. The average Bonchev–Trinajstić information content (AvgIpc) is 2.46. The fraction of sp³-hybridized carbons (Fsp3) is 0.600. The lowest BCUT2D eigenvalue weighted by Gasteiger charge is -2.21. The van der Waals surface area contributed by atoms with Crippen LogP contribution in [0.25, 0.3) is 0 Å². The number of benzene rings is 1. The third-order valence-electron chi connectivity index (χ3n) is 2.98. The summed E-state index contributed by atoms with van der Waals surface area (Å²) in [5.74, 6) is 0. The second kappa shape index (κ2) is 10.8. The first-order chi connectivity index (χ1) is 9.36. The van der Waals surface area contributed by atoms with Crippen LogP contribution in [-0.4, -0.2) is 58.5 Å². The Kier molecular flexibility index (Phi) is 9.06. The Morgan fingerprint density at radius 2 is 1.58 bits per heavy atom. The Morgan fingerprint density at radius 3 is 2.16 bits per heavy atom. The highest BCUT2D eigenvalue weighted by Crippen LogP contribution is 2.04. The van der Waals surface area contributed by atoms with Crippen molar-refractivity contribution in [3.63, 3.8) is 0 Å². The third kappa shape index (κ3) is 7.82. The van der Waals surface area contributed by atoms with Gasteiger partial charge in [0.05, 0.1) is 13.2 Å². The van der Waals surface area contributed by atoms with Crippen LogP contribution in [0.1, 0.15) is 6.42 Å². The summed E-state index contributed by atoms with van der Waals surface area (Å²) in [6, 6.07) is 10.3. The van der Waals surface area contributed by atoms with Crippen molar-refractivity contribution < 1.29 is 9.47 Å². The lowest BCUT2D eigenvalue weighted by Crippen LogP contribution is -2.32. The van der Waals surface area contributed by atoms with E-state index < -0.39 is 0 Å². The molecule has 0 fully saturated rings. The van der Waals surface area contributed by atoms with Gasteiger partial charge in [-0.1, -0.05) is 18.2 Å². The molecule has 108 valence electrons. The molecule has 0 aliphatic heterocycles. The summed E-state index contributed by atoms with van der Waals surface area (Å²) in [5.41, 5.74) is 1.18. The lowest BCUT2D eigenvalue weighted by atomic mass is 10.3. The standard InChI is InChI=1S/C15H26N2O2/c1-18-13-11-17(12-14-19-2)10-6-9-16-15-7-4-3-5-8-15/h3-5,7-8,16H,6,9-14H2,1-2H3. The van der Waals surface area contributed by atoms with Crippen molar-refractivity contribution in [3.8, 4) is 0 Å². The average molecular weight is 266 g/mol. The molecule has 0 saturated heterocycles. The van der Waals surface area contributed by atoms with Gasteiger partial charge in [-0.2, -0.15) is 0 Å². The van der Waals surface area contributed by atoms with Crippen LogP contribution in [0.3, 0.4) is 0 Å². The van der Waals surface area contributed by atoms with Crippen molar-refractivity contribution in [2.75, 3.05) is 58.9 Å². The van der Waals surface area contributed by atoms with Gasteiger partial charge in [0.15, 0.2) is 0 Å². The Labute approximate surface area is 116 Å². The minimum atomic E-state index is 0.774. The monoisotopic (exact) mass is 266 g/mol. The smallest absolute Gasteiger partial charge is 0.0589 e. The normalized spacial score (nSPS) is 10.9. The zero-order valence-corrected chi connectivity index (χ0v) is 12.1. The zero-order valence-electron chi connectivity index (χ0n) is 12.1. The van der Waals surface area contributed by atoms with Crippen LogP contribution in [0, 0.1) is 0 Å². The molecule has 4 heteroatoms. The van der Waals surface area contributed by atoms with Crippen LogP contribution >= 0.6 is 0 Å². The summed E-state index contributed by atoms with van der Waals surface area (Å²) in [4.78, 5) is 2.37. The number of nitrogens with zero attached hydrogens (tertiary/aromatic N) is 1. The van der Waals surface area contributed by atoms with E-state index in [1.807, 2.05) is 18.2 Å². The maximum absolute atomic E-state index is 5.13. The molecule has 0 aliphatic rings. The number of nitrogens with one attached hydrogen (secondary N) is 1. The van der Waals surface area contributed by atoms with Crippen molar-refractivity contribution in [2.45, 2.75) is 6.42 Å². The van der Waals surface area contributed by atoms with Gasteiger partial charge >= 0.3 is 0 Å². The molecule has 0 aliphatic carbocycles. The summed E-state index contributed by atoms with van der Waals surface area (Å²) in [6.45, 7) is 5.52. The van der Waals surface area contributed by atoms with E-state index in [1.165, 1.54) is 5.69 Å². The van der Waals surface area contributed by atoms with Crippen LogP contribution in [0.5, 0.6) is 0 Å². The van der Waals surface area contributed by atoms with E-state index in [1.54, 1.807) is 14.2 Å². The van der Waals surface area contributed by atoms with E-state index in [2.05, 4.69) is 22.3 Å². The summed E-state index contributed by atoms with van der Waals surface area (Å²) in [7, 11) is 3.48. The van der Waals surface area contributed by atoms with Crippen LogP contribution < -0.4 is 5.32 Å². The van der Waals surface area contributed by atoms with E-state index in [0.717, 1.165) is 45.8 Å². The number of anilines is 1. The topological polar surface area (TPSA) is 33.7 Å². The van der Waals surface area contributed by atoms with Crippen molar-refractivity contribution >= 4 is 5.69 Å². The molecule has 0 bridgehead atoms. The summed E-state index contributed by atoms with van der Waals surface area (Å²) in [6.07, 6.45) is 1.11. The second-order valence-corrected chi connectivity index (χ2v) is 4.47. The summed E-state index contributed by atoms with van der Waals surface area (Å²) >= 11 is 0. The van der Waals surface area contributed by atoms with Crippen molar-refractivity contribution in [1.29, 1.82) is 0 Å². The molecule has 0 saturated carbocycles. The SMILES string of the molecule is COCCN(CCCNc1ccccc1)CCOC. The number of hydrogen-bond donors (Lipinski definition) is 1. The summed E-state index contributed by atoms with van der Waals surface area (Å²) < 4.78 is 10.3. The molecule has 1 aromatic carbocycles. The molecule has 19 heavy (non-hydrogen) atoms. The zero-order chi connectivity index (χ0) is 13.8. The van der Waals surface area contributed by atoms with Gasteiger partial charge in [-0.3, -0.25) is 4.90 Å². The fourth-order valence-electron chi connectivity index (χ4n) is 1.87. The lowest BCUT2D eigenvalue weighted by molar-refractivity contribution is 0.114. The Morgan fingerprint density at radius 1 is 0.947 bits per heavy atom.